The number of carbonyl (C=O) groups excluding carboxylic acids is 2. The monoisotopic (exact) mass is 925 g/mol. The van der Waals surface area contributed by atoms with Gasteiger partial charge < -0.3 is 39.3 Å². The standard InChI is InChI=1S/C41H41Cl2F2N3O8.C2HF3O2/c1-52-30-11-6-26(7-12-30)38(40(50)55-37-22-47-16-14-25(37)15-17-47)46-29-9-4-27(5-10-29)39(49)54-35(19-31-32(42)20-48(51)21-33(31)43)28-8-13-34(56-41(44)45)36(18-28)53-23-24-2-3-24;3-2(4,5)1(6)7/h4-13,18,20-21,24-25,35,37-38,41,46H,2-3,14-17,19,22-23H2,1H3;(H,6,7)/t35-,37-,38?;/m0./s1. The number of halogens is 7. The Kier molecular flexibility index (Phi) is 15.4. The number of carboxylic acids is 1. The van der Waals surface area contributed by atoms with E-state index in [1.807, 2.05) is 0 Å². The SMILES string of the molecule is COc1ccc(C(Nc2ccc(C(=O)O[C@@H](Cc3c(Cl)c[n+]([O-])cc3Cl)c3ccc(OC(F)F)c(OCC4CC4)c3)cc2)C(=O)O[C@H]2CN3CCC2CC3)cc1.O=C(O)C(F)(F)F. The van der Waals surface area contributed by atoms with Crippen LogP contribution in [-0.4, -0.2) is 80.2 Å². The molecule has 63 heavy (non-hydrogen) atoms. The van der Waals surface area contributed by atoms with Gasteiger partial charge in [-0.25, -0.2) is 14.4 Å². The normalized spacial score (nSPS) is 18.9. The summed E-state index contributed by atoms with van der Waals surface area (Å²) in [7, 11) is 1.57. The van der Waals surface area contributed by atoms with Crippen LogP contribution in [-0.2, 0) is 25.5 Å². The van der Waals surface area contributed by atoms with Gasteiger partial charge in [-0.05, 0) is 110 Å². The first kappa shape index (κ1) is 46.9. The minimum Gasteiger partial charge on any atom is -0.619 e. The number of nitrogens with one attached hydrogen (secondary N) is 1. The number of carboxylic acid groups (broad SMARTS) is 1. The number of pyridine rings is 1. The number of alkyl halides is 5. The molecule has 2 N–H and O–H groups in total. The first-order valence-corrected chi connectivity index (χ1v) is 20.5. The second kappa shape index (κ2) is 20.7. The lowest BCUT2D eigenvalue weighted by molar-refractivity contribution is -0.605. The molecule has 3 atom stereocenters. The molecule has 20 heteroatoms. The predicted molar refractivity (Wildman–Crippen MR) is 217 cm³/mol. The molecular weight excluding hydrogens is 884 g/mol. The summed E-state index contributed by atoms with van der Waals surface area (Å²) >= 11 is 12.8. The molecule has 4 aliphatic rings. The van der Waals surface area contributed by atoms with Gasteiger partial charge in [-0.15, -0.1) is 0 Å². The van der Waals surface area contributed by atoms with Crippen molar-refractivity contribution in [2.24, 2.45) is 11.8 Å². The first-order chi connectivity index (χ1) is 30.0. The van der Waals surface area contributed by atoms with Crippen LogP contribution in [0.4, 0.5) is 27.6 Å². The van der Waals surface area contributed by atoms with Gasteiger partial charge in [0.2, 0.25) is 0 Å². The van der Waals surface area contributed by atoms with Crippen molar-refractivity contribution in [3.63, 3.8) is 0 Å². The molecule has 338 valence electrons. The zero-order valence-corrected chi connectivity index (χ0v) is 35.0. The number of hydrogen-bond donors (Lipinski definition) is 2. The number of benzene rings is 3. The van der Waals surface area contributed by atoms with E-state index in [0.29, 0.717) is 57.8 Å². The van der Waals surface area contributed by atoms with E-state index < -0.39 is 42.8 Å². The van der Waals surface area contributed by atoms with Crippen molar-refractivity contribution in [1.29, 1.82) is 0 Å². The molecule has 4 aromatic rings. The fourth-order valence-corrected chi connectivity index (χ4v) is 7.66. The van der Waals surface area contributed by atoms with Gasteiger partial charge in [0, 0.05) is 24.2 Å². The van der Waals surface area contributed by atoms with Crippen molar-refractivity contribution >= 4 is 46.8 Å². The molecule has 1 unspecified atom stereocenters. The van der Waals surface area contributed by atoms with Crippen LogP contribution >= 0.6 is 23.2 Å². The van der Waals surface area contributed by atoms with Crippen molar-refractivity contribution in [1.82, 2.24) is 4.90 Å². The van der Waals surface area contributed by atoms with Crippen molar-refractivity contribution in [3.05, 3.63) is 117 Å². The number of piperidine rings is 3. The smallest absolute Gasteiger partial charge is 0.490 e. The summed E-state index contributed by atoms with van der Waals surface area (Å²) in [6.45, 7) is -0.0277. The molecule has 0 spiro atoms. The molecule has 4 heterocycles. The van der Waals surface area contributed by atoms with Crippen LogP contribution in [0.5, 0.6) is 17.2 Å². The summed E-state index contributed by atoms with van der Waals surface area (Å²) in [5, 5.41) is 22.5. The van der Waals surface area contributed by atoms with Crippen molar-refractivity contribution in [2.45, 2.75) is 63.1 Å². The highest BCUT2D eigenvalue weighted by molar-refractivity contribution is 6.35. The van der Waals surface area contributed by atoms with E-state index in [1.165, 1.54) is 18.2 Å². The van der Waals surface area contributed by atoms with E-state index in [4.69, 9.17) is 56.8 Å². The quantitative estimate of drug-likeness (QED) is 0.0478. The second-order valence-electron chi connectivity index (χ2n) is 15.1. The van der Waals surface area contributed by atoms with Crippen LogP contribution in [0.15, 0.2) is 79.1 Å². The fourth-order valence-electron chi connectivity index (χ4n) is 7.06. The Hall–Kier alpha value is -5.59. The Bertz CT molecular complexity index is 2200. The molecule has 2 bridgehead atoms. The maximum atomic E-state index is 13.8. The molecule has 8 rings (SSSR count). The Labute approximate surface area is 368 Å². The van der Waals surface area contributed by atoms with Gasteiger partial charge in [-0.2, -0.15) is 26.7 Å². The van der Waals surface area contributed by atoms with Crippen molar-refractivity contribution in [3.8, 4) is 17.2 Å². The second-order valence-corrected chi connectivity index (χ2v) is 15.9. The largest absolute Gasteiger partial charge is 0.619 e. The number of rotatable bonds is 16. The lowest BCUT2D eigenvalue weighted by Gasteiger charge is -2.44. The molecule has 0 amide bonds. The van der Waals surface area contributed by atoms with Gasteiger partial charge in [0.05, 0.1) is 19.3 Å². The maximum Gasteiger partial charge on any atom is 0.490 e. The molecule has 3 saturated heterocycles. The number of hydrogen-bond acceptors (Lipinski definition) is 11. The average Bonchev–Trinajstić information content (AvgIpc) is 4.08. The highest BCUT2D eigenvalue weighted by Gasteiger charge is 2.39. The maximum absolute atomic E-state index is 13.8. The third kappa shape index (κ3) is 13.0. The average molecular weight is 927 g/mol. The summed E-state index contributed by atoms with van der Waals surface area (Å²) in [6.07, 6.45) is -0.201. The highest BCUT2D eigenvalue weighted by Crippen LogP contribution is 2.38. The minimum atomic E-state index is -5.08. The van der Waals surface area contributed by atoms with Gasteiger partial charge in [-0.1, -0.05) is 41.4 Å². The number of carbonyl (C=O) groups is 3. The van der Waals surface area contributed by atoms with Gasteiger partial charge >= 0.3 is 30.7 Å². The third-order valence-electron chi connectivity index (χ3n) is 10.6. The molecule has 4 fully saturated rings. The fraction of sp³-hybridized carbons (Fsp3) is 0.395. The lowest BCUT2D eigenvalue weighted by atomic mass is 9.86. The van der Waals surface area contributed by atoms with Crippen LogP contribution in [0.3, 0.4) is 0 Å². The molecular formula is C43H42Cl2F5N3O10. The van der Waals surface area contributed by atoms with E-state index in [1.54, 1.807) is 55.6 Å². The number of aliphatic carboxylic acids is 1. The first-order valence-electron chi connectivity index (χ1n) is 19.7. The topological polar surface area (TPSA) is 160 Å². The highest BCUT2D eigenvalue weighted by atomic mass is 35.5. The van der Waals surface area contributed by atoms with Gasteiger partial charge in [-0.3, -0.25) is 4.90 Å². The van der Waals surface area contributed by atoms with Gasteiger partial charge in [0.1, 0.15) is 28.0 Å². The Balaban J connectivity index is 0.000000871. The number of ether oxygens (including phenoxy) is 5. The number of nitrogens with zero attached hydrogens (tertiary/aromatic N) is 2. The number of anilines is 1. The van der Waals surface area contributed by atoms with E-state index >= 15 is 0 Å². The summed E-state index contributed by atoms with van der Waals surface area (Å²) in [5.41, 5.74) is 2.13. The Morgan fingerprint density at radius 2 is 1.54 bits per heavy atom. The van der Waals surface area contributed by atoms with Crippen LogP contribution in [0.25, 0.3) is 0 Å². The summed E-state index contributed by atoms with van der Waals surface area (Å²) < 4.78 is 86.8. The number of aromatic nitrogens is 1. The number of methoxy groups -OCH3 is 1. The van der Waals surface area contributed by atoms with Crippen LogP contribution in [0, 0.1) is 17.0 Å². The van der Waals surface area contributed by atoms with Crippen LogP contribution in [0.2, 0.25) is 10.0 Å². The predicted octanol–water partition coefficient (Wildman–Crippen LogP) is 8.59. The van der Waals surface area contributed by atoms with Crippen LogP contribution < -0.4 is 24.3 Å². The molecule has 3 aliphatic heterocycles. The molecule has 1 aliphatic carbocycles. The zero-order chi connectivity index (χ0) is 45.4. The summed E-state index contributed by atoms with van der Waals surface area (Å²) in [6, 6.07) is 17.0. The molecule has 0 radical (unpaired) electrons. The molecule has 1 aromatic heterocycles. The van der Waals surface area contributed by atoms with Crippen molar-refractivity contribution in [2.75, 3.05) is 38.7 Å². The minimum absolute atomic E-state index is 0.0466. The molecule has 3 aromatic carbocycles. The summed E-state index contributed by atoms with van der Waals surface area (Å²) in [4.78, 5) is 38.7. The van der Waals surface area contributed by atoms with Gasteiger partial charge in [0.15, 0.2) is 29.9 Å². The Morgan fingerprint density at radius 1 is 0.921 bits per heavy atom. The third-order valence-corrected chi connectivity index (χ3v) is 11.3. The van der Waals surface area contributed by atoms with E-state index in [0.717, 1.165) is 51.2 Å². The Morgan fingerprint density at radius 3 is 2.08 bits per heavy atom. The molecule has 13 nitrogen and oxygen atoms in total. The lowest BCUT2D eigenvalue weighted by Crippen LogP contribution is -2.52. The van der Waals surface area contributed by atoms with E-state index in [2.05, 4.69) is 10.2 Å². The van der Waals surface area contributed by atoms with Crippen LogP contribution in [0.1, 0.15) is 64.9 Å². The van der Waals surface area contributed by atoms with Gasteiger partial charge in [0.25, 0.3) is 0 Å². The summed E-state index contributed by atoms with van der Waals surface area (Å²) in [5.74, 6) is -2.70. The number of esters is 2. The van der Waals surface area contributed by atoms with E-state index in [9.17, 15) is 36.7 Å². The van der Waals surface area contributed by atoms with Crippen molar-refractivity contribution < 1.29 is 69.9 Å². The molecule has 1 saturated carbocycles. The van der Waals surface area contributed by atoms with E-state index in [-0.39, 0.29) is 39.6 Å². The number of fused-ring (bicyclic) bond motifs is 3. The zero-order valence-electron chi connectivity index (χ0n) is 33.5.